The summed E-state index contributed by atoms with van der Waals surface area (Å²) in [4.78, 5) is 30.9. The summed E-state index contributed by atoms with van der Waals surface area (Å²) >= 11 is 12.0. The Kier molecular flexibility index (Phi) is 5.17. The van der Waals surface area contributed by atoms with E-state index < -0.39 is 5.41 Å². The summed E-state index contributed by atoms with van der Waals surface area (Å²) in [6.07, 6.45) is 4.02. The highest BCUT2D eigenvalue weighted by Crippen LogP contribution is 2.48. The van der Waals surface area contributed by atoms with Crippen molar-refractivity contribution >= 4 is 40.7 Å². The van der Waals surface area contributed by atoms with Crippen LogP contribution >= 0.6 is 23.2 Å². The third-order valence-corrected chi connectivity index (χ3v) is 6.19. The second-order valence-corrected chi connectivity index (χ2v) is 8.60. The Hall–Kier alpha value is -2.31. The Morgan fingerprint density at radius 2 is 1.97 bits per heavy atom. The summed E-state index contributed by atoms with van der Waals surface area (Å²) in [6, 6.07) is 7.02. The second kappa shape index (κ2) is 7.50. The van der Waals surface area contributed by atoms with Gasteiger partial charge in [-0.2, -0.15) is 0 Å². The van der Waals surface area contributed by atoms with Gasteiger partial charge in [-0.3, -0.25) is 9.59 Å². The molecule has 1 aliphatic heterocycles. The monoisotopic (exact) mass is 433 g/mol. The number of aromatic nitrogens is 1. The molecule has 2 aromatic rings. The largest absolute Gasteiger partial charge is 0.473 e. The normalized spacial score (nSPS) is 22.9. The first kappa shape index (κ1) is 20.0. The Labute approximate surface area is 179 Å². The molecule has 6 nitrogen and oxygen atoms in total. The molecule has 0 radical (unpaired) electrons. The van der Waals surface area contributed by atoms with Crippen LogP contribution in [0.5, 0.6) is 5.88 Å². The van der Waals surface area contributed by atoms with Crippen LogP contribution in [0, 0.1) is 0 Å². The molecule has 0 bridgehead atoms. The number of fused-ring (bicyclic) bond motifs is 2. The molecule has 152 valence electrons. The first-order valence-corrected chi connectivity index (χ1v) is 10.2. The minimum Gasteiger partial charge on any atom is -0.473 e. The van der Waals surface area contributed by atoms with E-state index in [2.05, 4.69) is 10.3 Å². The van der Waals surface area contributed by atoms with Gasteiger partial charge in [-0.05, 0) is 55.5 Å². The Bertz CT molecular complexity index is 985. The first-order chi connectivity index (χ1) is 13.8. The molecule has 4 rings (SSSR count). The van der Waals surface area contributed by atoms with Crippen molar-refractivity contribution in [1.82, 2.24) is 9.88 Å². The van der Waals surface area contributed by atoms with Crippen LogP contribution in [0.2, 0.25) is 10.0 Å². The van der Waals surface area contributed by atoms with Gasteiger partial charge in [0.1, 0.15) is 11.1 Å². The molecule has 0 unspecified atom stereocenters. The van der Waals surface area contributed by atoms with Gasteiger partial charge in [-0.1, -0.05) is 23.2 Å². The second-order valence-electron chi connectivity index (χ2n) is 7.75. The number of carbonyl (C=O) groups is 2. The van der Waals surface area contributed by atoms with E-state index in [1.54, 1.807) is 26.2 Å². The number of pyridine rings is 1. The van der Waals surface area contributed by atoms with Gasteiger partial charge in [0.2, 0.25) is 11.8 Å². The van der Waals surface area contributed by atoms with Crippen LogP contribution in [0.1, 0.15) is 41.6 Å². The molecule has 8 heteroatoms. The van der Waals surface area contributed by atoms with Gasteiger partial charge < -0.3 is 15.0 Å². The number of ether oxygens (including phenoxy) is 1. The maximum Gasteiger partial charge on any atom is 0.253 e. The summed E-state index contributed by atoms with van der Waals surface area (Å²) < 4.78 is 5.97. The molecule has 2 aliphatic rings. The van der Waals surface area contributed by atoms with Crippen molar-refractivity contribution in [1.29, 1.82) is 0 Å². The number of nitrogens with zero attached hydrogens (tertiary/aromatic N) is 2. The SMILES string of the molecule is CN(C)C(=O)c1ccc2c(c1)C1(CCC(Oc3ncc(Cl)cc3Cl)CC1)C(=O)N2. The predicted octanol–water partition coefficient (Wildman–Crippen LogP) is 4.30. The summed E-state index contributed by atoms with van der Waals surface area (Å²) in [5, 5.41) is 3.80. The van der Waals surface area contributed by atoms with E-state index in [4.69, 9.17) is 27.9 Å². The molecule has 0 saturated heterocycles. The number of rotatable bonds is 3. The number of hydrogen-bond acceptors (Lipinski definition) is 4. The van der Waals surface area contributed by atoms with Crippen molar-refractivity contribution in [2.24, 2.45) is 0 Å². The van der Waals surface area contributed by atoms with E-state index in [0.717, 1.165) is 11.3 Å². The lowest BCUT2D eigenvalue weighted by Gasteiger charge is -2.35. The van der Waals surface area contributed by atoms with Crippen molar-refractivity contribution in [2.75, 3.05) is 19.4 Å². The number of benzene rings is 1. The van der Waals surface area contributed by atoms with Gasteiger partial charge in [0.05, 0.1) is 10.4 Å². The third-order valence-electron chi connectivity index (χ3n) is 5.71. The van der Waals surface area contributed by atoms with E-state index in [0.29, 0.717) is 47.2 Å². The van der Waals surface area contributed by atoms with Crippen molar-refractivity contribution in [3.8, 4) is 5.88 Å². The number of anilines is 1. The fourth-order valence-electron chi connectivity index (χ4n) is 4.15. The van der Waals surface area contributed by atoms with E-state index in [-0.39, 0.29) is 17.9 Å². The molecule has 2 heterocycles. The molecular weight excluding hydrogens is 413 g/mol. The lowest BCUT2D eigenvalue weighted by Crippen LogP contribution is -2.41. The van der Waals surface area contributed by atoms with Crippen molar-refractivity contribution in [3.63, 3.8) is 0 Å². The van der Waals surface area contributed by atoms with Crippen LogP contribution in [0.3, 0.4) is 0 Å². The highest BCUT2D eigenvalue weighted by Gasteiger charge is 2.49. The van der Waals surface area contributed by atoms with E-state index in [1.165, 1.54) is 11.1 Å². The quantitative estimate of drug-likeness (QED) is 0.782. The van der Waals surface area contributed by atoms with Crippen LogP contribution < -0.4 is 10.1 Å². The average Bonchev–Trinajstić information content (AvgIpc) is 2.96. The molecule has 0 atom stereocenters. The minimum atomic E-state index is -0.630. The standard InChI is InChI=1S/C21H21Cl2N3O3/c1-26(2)19(27)12-3-4-17-15(9-12)21(20(28)25-17)7-5-14(6-8-21)29-18-16(23)10-13(22)11-24-18/h3-4,9-11,14H,5-8H2,1-2H3,(H,25,28). The van der Waals surface area contributed by atoms with Crippen molar-refractivity contribution in [3.05, 3.63) is 51.6 Å². The number of carbonyl (C=O) groups excluding carboxylic acids is 2. The predicted molar refractivity (Wildman–Crippen MR) is 112 cm³/mol. The number of hydrogen-bond donors (Lipinski definition) is 1. The van der Waals surface area contributed by atoms with E-state index in [9.17, 15) is 9.59 Å². The van der Waals surface area contributed by atoms with Gasteiger partial charge in [-0.15, -0.1) is 0 Å². The third kappa shape index (κ3) is 3.55. The van der Waals surface area contributed by atoms with Crippen LogP contribution in [0.15, 0.2) is 30.5 Å². The maximum atomic E-state index is 12.9. The van der Waals surface area contributed by atoms with Gasteiger partial charge in [0.25, 0.3) is 5.91 Å². The highest BCUT2D eigenvalue weighted by atomic mass is 35.5. The molecule has 29 heavy (non-hydrogen) atoms. The average molecular weight is 434 g/mol. The van der Waals surface area contributed by atoms with Crippen LogP contribution in [-0.4, -0.2) is 41.9 Å². The summed E-state index contributed by atoms with van der Waals surface area (Å²) in [6.45, 7) is 0. The van der Waals surface area contributed by atoms with Crippen molar-refractivity contribution in [2.45, 2.75) is 37.2 Å². The van der Waals surface area contributed by atoms with Gasteiger partial charge in [-0.25, -0.2) is 4.98 Å². The Morgan fingerprint density at radius 3 is 2.62 bits per heavy atom. The maximum absolute atomic E-state index is 12.9. The Morgan fingerprint density at radius 1 is 1.24 bits per heavy atom. The fourth-order valence-corrected chi connectivity index (χ4v) is 4.57. The number of halogens is 2. The van der Waals surface area contributed by atoms with E-state index in [1.807, 2.05) is 12.1 Å². The van der Waals surface area contributed by atoms with E-state index >= 15 is 0 Å². The zero-order valence-corrected chi connectivity index (χ0v) is 17.7. The molecule has 1 aromatic heterocycles. The smallest absolute Gasteiger partial charge is 0.253 e. The molecule has 1 fully saturated rings. The fraction of sp³-hybridized carbons (Fsp3) is 0.381. The topological polar surface area (TPSA) is 71.5 Å². The van der Waals surface area contributed by atoms with Gasteiger partial charge in [0, 0.05) is 31.5 Å². The molecule has 1 spiro atoms. The lowest BCUT2D eigenvalue weighted by molar-refractivity contribution is -0.122. The molecule has 1 saturated carbocycles. The van der Waals surface area contributed by atoms with Crippen molar-refractivity contribution < 1.29 is 14.3 Å². The minimum absolute atomic E-state index is 0.0111. The van der Waals surface area contributed by atoms with Crippen LogP contribution in [0.25, 0.3) is 0 Å². The zero-order chi connectivity index (χ0) is 20.8. The number of amides is 2. The molecule has 1 N–H and O–H groups in total. The molecule has 2 amide bonds. The number of nitrogens with one attached hydrogen (secondary N) is 1. The lowest BCUT2D eigenvalue weighted by atomic mass is 9.69. The summed E-state index contributed by atoms with van der Waals surface area (Å²) in [5.74, 6) is 0.262. The van der Waals surface area contributed by atoms with Crippen LogP contribution in [-0.2, 0) is 10.2 Å². The van der Waals surface area contributed by atoms with Gasteiger partial charge >= 0.3 is 0 Å². The van der Waals surface area contributed by atoms with Gasteiger partial charge in [0.15, 0.2) is 0 Å². The first-order valence-electron chi connectivity index (χ1n) is 9.45. The summed E-state index contributed by atoms with van der Waals surface area (Å²) in [7, 11) is 3.43. The molecular formula is C21H21Cl2N3O3. The Balaban J connectivity index is 1.54. The summed E-state index contributed by atoms with van der Waals surface area (Å²) in [5.41, 5.74) is 1.64. The molecule has 1 aliphatic carbocycles. The molecule has 1 aromatic carbocycles. The highest BCUT2D eigenvalue weighted by molar-refractivity contribution is 6.35. The zero-order valence-electron chi connectivity index (χ0n) is 16.2. The van der Waals surface area contributed by atoms with Crippen LogP contribution in [0.4, 0.5) is 5.69 Å².